The van der Waals surface area contributed by atoms with Gasteiger partial charge < -0.3 is 10.5 Å². The maximum Gasteiger partial charge on any atom is 0.305 e. The third-order valence-corrected chi connectivity index (χ3v) is 3.55. The van der Waals surface area contributed by atoms with Gasteiger partial charge in [-0.25, -0.2) is 0 Å². The third-order valence-electron chi connectivity index (χ3n) is 3.55. The molecule has 0 aromatic heterocycles. The van der Waals surface area contributed by atoms with Crippen molar-refractivity contribution in [2.24, 2.45) is 5.73 Å². The van der Waals surface area contributed by atoms with Gasteiger partial charge in [-0.05, 0) is 36.3 Å². The zero-order chi connectivity index (χ0) is 12.3. The van der Waals surface area contributed by atoms with Crippen molar-refractivity contribution in [1.29, 1.82) is 0 Å². The average Bonchev–Trinajstić information content (AvgIpc) is 2.66. The molecule has 2 rings (SSSR count). The van der Waals surface area contributed by atoms with E-state index in [0.717, 1.165) is 19.3 Å². The topological polar surface area (TPSA) is 52.3 Å². The fraction of sp³-hybridized carbons (Fsp3) is 0.500. The van der Waals surface area contributed by atoms with Gasteiger partial charge in [-0.2, -0.15) is 0 Å². The van der Waals surface area contributed by atoms with Crippen molar-refractivity contribution in [3.05, 3.63) is 35.4 Å². The zero-order valence-electron chi connectivity index (χ0n) is 10.2. The minimum absolute atomic E-state index is 0.134. The minimum atomic E-state index is -0.134. The molecular formula is C14H19NO2. The fourth-order valence-corrected chi connectivity index (χ4v) is 2.65. The lowest BCUT2D eigenvalue weighted by Crippen LogP contribution is -2.25. The molecule has 0 bridgehead atoms. The Hall–Kier alpha value is -1.35. The molecule has 1 aliphatic carbocycles. The van der Waals surface area contributed by atoms with Gasteiger partial charge in [-0.3, -0.25) is 4.79 Å². The average molecular weight is 233 g/mol. The summed E-state index contributed by atoms with van der Waals surface area (Å²) in [5, 5.41) is 0. The Morgan fingerprint density at radius 2 is 2.24 bits per heavy atom. The Kier molecular flexibility index (Phi) is 3.79. The zero-order valence-corrected chi connectivity index (χ0v) is 10.2. The van der Waals surface area contributed by atoms with Crippen molar-refractivity contribution in [2.75, 3.05) is 7.11 Å². The van der Waals surface area contributed by atoms with Crippen LogP contribution in [0.4, 0.5) is 0 Å². The maximum atomic E-state index is 11.1. The molecule has 0 fully saturated rings. The molecule has 1 aromatic rings. The van der Waals surface area contributed by atoms with Gasteiger partial charge in [0.2, 0.25) is 0 Å². The Bertz CT molecular complexity index is 403. The molecular weight excluding hydrogens is 214 g/mol. The molecule has 0 amide bonds. The second-order valence-electron chi connectivity index (χ2n) is 4.64. The molecule has 17 heavy (non-hydrogen) atoms. The van der Waals surface area contributed by atoms with E-state index >= 15 is 0 Å². The van der Waals surface area contributed by atoms with Crippen LogP contribution in [-0.4, -0.2) is 19.1 Å². The van der Waals surface area contributed by atoms with Gasteiger partial charge in [0.25, 0.3) is 0 Å². The molecule has 2 unspecified atom stereocenters. The van der Waals surface area contributed by atoms with Crippen LogP contribution in [0, 0.1) is 0 Å². The first-order valence-corrected chi connectivity index (χ1v) is 6.12. The van der Waals surface area contributed by atoms with E-state index in [-0.39, 0.29) is 12.0 Å². The van der Waals surface area contributed by atoms with Crippen LogP contribution in [0.3, 0.4) is 0 Å². The Balaban J connectivity index is 1.95. The number of carbonyl (C=O) groups is 1. The summed E-state index contributed by atoms with van der Waals surface area (Å²) in [6.45, 7) is 0. The highest BCUT2D eigenvalue weighted by Crippen LogP contribution is 2.35. The van der Waals surface area contributed by atoms with Crippen LogP contribution in [0.5, 0.6) is 0 Å². The van der Waals surface area contributed by atoms with Gasteiger partial charge in [-0.15, -0.1) is 0 Å². The van der Waals surface area contributed by atoms with Crippen molar-refractivity contribution in [3.63, 3.8) is 0 Å². The van der Waals surface area contributed by atoms with Crippen molar-refractivity contribution >= 4 is 5.97 Å². The Morgan fingerprint density at radius 3 is 3.00 bits per heavy atom. The lowest BCUT2D eigenvalue weighted by atomic mass is 9.93. The second kappa shape index (κ2) is 5.32. The molecule has 92 valence electrons. The molecule has 3 nitrogen and oxygen atoms in total. The van der Waals surface area contributed by atoms with E-state index in [1.807, 2.05) is 0 Å². The Labute approximate surface area is 102 Å². The number of carbonyl (C=O) groups excluding carboxylic acids is 1. The van der Waals surface area contributed by atoms with E-state index < -0.39 is 0 Å². The van der Waals surface area contributed by atoms with Crippen LogP contribution in [0.25, 0.3) is 0 Å². The van der Waals surface area contributed by atoms with Gasteiger partial charge >= 0.3 is 5.97 Å². The van der Waals surface area contributed by atoms with Gasteiger partial charge in [-0.1, -0.05) is 24.3 Å². The fourth-order valence-electron chi connectivity index (χ4n) is 2.65. The van der Waals surface area contributed by atoms with Crippen LogP contribution in [0.15, 0.2) is 24.3 Å². The molecule has 3 heteroatoms. The molecule has 1 aromatic carbocycles. The van der Waals surface area contributed by atoms with Crippen LogP contribution >= 0.6 is 0 Å². The first-order chi connectivity index (χ1) is 8.22. The number of methoxy groups -OCH3 is 1. The molecule has 2 atom stereocenters. The summed E-state index contributed by atoms with van der Waals surface area (Å²) in [7, 11) is 1.43. The lowest BCUT2D eigenvalue weighted by Gasteiger charge is -2.16. The molecule has 0 radical (unpaired) electrons. The second-order valence-corrected chi connectivity index (χ2v) is 4.64. The van der Waals surface area contributed by atoms with Crippen molar-refractivity contribution in [2.45, 2.75) is 37.6 Å². The monoisotopic (exact) mass is 233 g/mol. The number of esters is 1. The van der Waals surface area contributed by atoms with Crippen molar-refractivity contribution < 1.29 is 9.53 Å². The summed E-state index contributed by atoms with van der Waals surface area (Å²) in [6, 6.07) is 8.62. The van der Waals surface area contributed by atoms with Crippen molar-refractivity contribution in [3.8, 4) is 0 Å². The molecule has 0 saturated carbocycles. The summed E-state index contributed by atoms with van der Waals surface area (Å²) in [5.74, 6) is 0.265. The summed E-state index contributed by atoms with van der Waals surface area (Å²) in [6.07, 6.45) is 3.26. The largest absolute Gasteiger partial charge is 0.469 e. The van der Waals surface area contributed by atoms with Crippen LogP contribution in [-0.2, 0) is 16.0 Å². The van der Waals surface area contributed by atoms with Gasteiger partial charge in [0.05, 0.1) is 7.11 Å². The van der Waals surface area contributed by atoms with Crippen LogP contribution in [0.2, 0.25) is 0 Å². The minimum Gasteiger partial charge on any atom is -0.469 e. The first kappa shape index (κ1) is 12.1. The number of fused-ring (bicyclic) bond motifs is 1. The maximum absolute atomic E-state index is 11.1. The number of rotatable bonds is 4. The highest BCUT2D eigenvalue weighted by molar-refractivity contribution is 5.69. The quantitative estimate of drug-likeness (QED) is 0.809. The molecule has 1 aliphatic rings. The van der Waals surface area contributed by atoms with E-state index in [0.29, 0.717) is 12.3 Å². The summed E-state index contributed by atoms with van der Waals surface area (Å²) in [5.41, 5.74) is 8.89. The van der Waals surface area contributed by atoms with Crippen molar-refractivity contribution in [1.82, 2.24) is 0 Å². The molecule has 0 saturated heterocycles. The molecule has 0 aliphatic heterocycles. The Morgan fingerprint density at radius 1 is 1.47 bits per heavy atom. The van der Waals surface area contributed by atoms with Gasteiger partial charge in [0.1, 0.15) is 0 Å². The smallest absolute Gasteiger partial charge is 0.305 e. The van der Waals surface area contributed by atoms with Crippen LogP contribution in [0.1, 0.15) is 36.3 Å². The standard InChI is InChI=1S/C14H19NO2/c1-17-14(16)8-4-7-12-11-6-3-2-5-10(11)9-13(12)15/h2-3,5-6,12-13H,4,7-9,15H2,1H3. The van der Waals surface area contributed by atoms with E-state index in [1.54, 1.807) is 0 Å². The SMILES string of the molecule is COC(=O)CCCC1c2ccccc2CC1N. The highest BCUT2D eigenvalue weighted by atomic mass is 16.5. The third kappa shape index (κ3) is 2.67. The first-order valence-electron chi connectivity index (χ1n) is 6.12. The molecule has 0 spiro atoms. The van der Waals surface area contributed by atoms with E-state index in [4.69, 9.17) is 5.73 Å². The van der Waals surface area contributed by atoms with E-state index in [9.17, 15) is 4.79 Å². The van der Waals surface area contributed by atoms with E-state index in [1.165, 1.54) is 18.2 Å². The lowest BCUT2D eigenvalue weighted by molar-refractivity contribution is -0.140. The number of hydrogen-bond acceptors (Lipinski definition) is 3. The normalized spacial score (nSPS) is 22.2. The van der Waals surface area contributed by atoms with Crippen LogP contribution < -0.4 is 5.73 Å². The summed E-state index contributed by atoms with van der Waals surface area (Å²) < 4.78 is 4.64. The van der Waals surface area contributed by atoms with Gasteiger partial charge in [0.15, 0.2) is 0 Å². The number of nitrogens with two attached hydrogens (primary N) is 1. The number of hydrogen-bond donors (Lipinski definition) is 1. The van der Waals surface area contributed by atoms with E-state index in [2.05, 4.69) is 29.0 Å². The summed E-state index contributed by atoms with van der Waals surface area (Å²) >= 11 is 0. The number of ether oxygens (including phenoxy) is 1. The molecule has 0 heterocycles. The molecule has 2 N–H and O–H groups in total. The number of benzene rings is 1. The van der Waals surface area contributed by atoms with Gasteiger partial charge in [0, 0.05) is 12.5 Å². The summed E-state index contributed by atoms with van der Waals surface area (Å²) in [4.78, 5) is 11.1. The highest BCUT2D eigenvalue weighted by Gasteiger charge is 2.28. The predicted octanol–water partition coefficient (Wildman–Crippen LogP) is 2.00. The predicted molar refractivity (Wildman–Crippen MR) is 66.7 cm³/mol.